The molecular weight excluding hydrogens is 244 g/mol. The summed E-state index contributed by atoms with van der Waals surface area (Å²) in [6.45, 7) is 0. The van der Waals surface area contributed by atoms with Gasteiger partial charge in [-0.15, -0.1) is 16.4 Å². The molecule has 0 aromatic carbocycles. The lowest BCUT2D eigenvalue weighted by molar-refractivity contribution is 0.479. The first-order valence-corrected chi connectivity index (χ1v) is 4.60. The smallest absolute Gasteiger partial charge is 0.193 e. The number of aromatic hydroxyl groups is 1. The molecule has 0 unspecified atom stereocenters. The van der Waals surface area contributed by atoms with Crippen LogP contribution in [0, 0.1) is 0 Å². The zero-order valence-corrected chi connectivity index (χ0v) is 8.05. The summed E-state index contributed by atoms with van der Waals surface area (Å²) in [5.41, 5.74) is 0. The Labute approximate surface area is 79.6 Å². The van der Waals surface area contributed by atoms with Gasteiger partial charge in [0.2, 0.25) is 0 Å². The molecule has 2 aromatic rings. The van der Waals surface area contributed by atoms with E-state index in [0.29, 0.717) is 10.7 Å². The number of nitrogens with zero attached hydrogens (tertiary/aromatic N) is 3. The Hall–Kier alpha value is -0.950. The van der Waals surface area contributed by atoms with E-state index in [1.54, 1.807) is 6.07 Å². The van der Waals surface area contributed by atoms with Crippen molar-refractivity contribution in [2.24, 2.45) is 0 Å². The zero-order valence-electron chi connectivity index (χ0n) is 5.65. The molecule has 7 heteroatoms. The van der Waals surface area contributed by atoms with Crippen molar-refractivity contribution in [2.45, 2.75) is 0 Å². The van der Waals surface area contributed by atoms with Gasteiger partial charge in [-0.25, -0.2) is 5.10 Å². The highest BCUT2D eigenvalue weighted by atomic mass is 79.9. The van der Waals surface area contributed by atoms with E-state index in [-0.39, 0.29) is 5.75 Å². The quantitative estimate of drug-likeness (QED) is 0.798. The molecule has 0 atom stereocenters. The van der Waals surface area contributed by atoms with Crippen molar-refractivity contribution in [2.75, 3.05) is 0 Å². The number of halogens is 1. The van der Waals surface area contributed by atoms with E-state index < -0.39 is 0 Å². The number of aromatic nitrogens is 4. The van der Waals surface area contributed by atoms with Gasteiger partial charge in [-0.05, 0) is 26.4 Å². The van der Waals surface area contributed by atoms with Crippen molar-refractivity contribution in [1.29, 1.82) is 0 Å². The van der Waals surface area contributed by atoms with Crippen LogP contribution in [0.4, 0.5) is 0 Å². The van der Waals surface area contributed by atoms with Crippen LogP contribution in [0.3, 0.4) is 0 Å². The van der Waals surface area contributed by atoms with Crippen LogP contribution in [0.1, 0.15) is 0 Å². The third-order valence-corrected chi connectivity index (χ3v) is 2.88. The van der Waals surface area contributed by atoms with E-state index in [1.807, 2.05) is 0 Å². The Kier molecular flexibility index (Phi) is 1.81. The van der Waals surface area contributed by atoms with E-state index in [0.717, 1.165) is 3.79 Å². The first kappa shape index (κ1) is 7.69. The minimum Gasteiger partial charge on any atom is -0.506 e. The normalized spacial score (nSPS) is 10.4. The summed E-state index contributed by atoms with van der Waals surface area (Å²) >= 11 is 4.61. The highest BCUT2D eigenvalue weighted by Crippen LogP contribution is 2.37. The summed E-state index contributed by atoms with van der Waals surface area (Å²) in [6, 6.07) is 1.60. The van der Waals surface area contributed by atoms with Gasteiger partial charge in [-0.3, -0.25) is 0 Å². The Morgan fingerprint density at radius 1 is 1.58 bits per heavy atom. The average Bonchev–Trinajstić information content (AvgIpc) is 2.58. The number of rotatable bonds is 1. The maximum Gasteiger partial charge on any atom is 0.193 e. The van der Waals surface area contributed by atoms with Crippen LogP contribution >= 0.6 is 27.3 Å². The van der Waals surface area contributed by atoms with Crippen molar-refractivity contribution < 1.29 is 5.11 Å². The largest absolute Gasteiger partial charge is 0.506 e. The zero-order chi connectivity index (χ0) is 8.55. The standard InChI is InChI=1S/C5H3BrN4OS/c6-3-1-2(11)4(12-3)5-7-9-10-8-5/h1,11H,(H,7,8,9,10). The van der Waals surface area contributed by atoms with Crippen molar-refractivity contribution in [3.63, 3.8) is 0 Å². The van der Waals surface area contributed by atoms with Crippen LogP contribution < -0.4 is 0 Å². The first-order valence-electron chi connectivity index (χ1n) is 3.00. The summed E-state index contributed by atoms with van der Waals surface area (Å²) in [7, 11) is 0. The van der Waals surface area contributed by atoms with Crippen LogP contribution in [-0.2, 0) is 0 Å². The molecule has 5 nitrogen and oxygen atoms in total. The predicted octanol–water partition coefficient (Wildman–Crippen LogP) is 1.40. The number of tetrazole rings is 1. The highest BCUT2D eigenvalue weighted by Gasteiger charge is 2.11. The first-order chi connectivity index (χ1) is 5.77. The second-order valence-corrected chi connectivity index (χ2v) is 4.45. The van der Waals surface area contributed by atoms with Gasteiger partial charge in [0.1, 0.15) is 10.6 Å². The lowest BCUT2D eigenvalue weighted by atomic mass is 10.4. The van der Waals surface area contributed by atoms with E-state index in [1.165, 1.54) is 11.3 Å². The number of nitrogens with one attached hydrogen (secondary N) is 1. The van der Waals surface area contributed by atoms with Gasteiger partial charge < -0.3 is 5.11 Å². The number of H-pyrrole nitrogens is 1. The molecule has 0 aliphatic carbocycles. The summed E-state index contributed by atoms with van der Waals surface area (Å²) in [5.74, 6) is 0.647. The highest BCUT2D eigenvalue weighted by molar-refractivity contribution is 9.11. The maximum atomic E-state index is 9.37. The summed E-state index contributed by atoms with van der Waals surface area (Å²) < 4.78 is 0.839. The van der Waals surface area contributed by atoms with Crippen LogP contribution in [0.2, 0.25) is 0 Å². The van der Waals surface area contributed by atoms with E-state index in [4.69, 9.17) is 0 Å². The van der Waals surface area contributed by atoms with Gasteiger partial charge in [-0.1, -0.05) is 0 Å². The maximum absolute atomic E-state index is 9.37. The van der Waals surface area contributed by atoms with Gasteiger partial charge in [0.25, 0.3) is 0 Å². The van der Waals surface area contributed by atoms with Crippen molar-refractivity contribution >= 4 is 27.3 Å². The number of thiophene rings is 1. The molecule has 0 saturated heterocycles. The number of hydrogen-bond donors (Lipinski definition) is 2. The SMILES string of the molecule is Oc1cc(Br)sc1-c1nnn[nH]1. The Morgan fingerprint density at radius 3 is 2.92 bits per heavy atom. The fourth-order valence-electron chi connectivity index (χ4n) is 0.777. The lowest BCUT2D eigenvalue weighted by Gasteiger charge is -1.87. The monoisotopic (exact) mass is 246 g/mol. The third kappa shape index (κ3) is 1.21. The summed E-state index contributed by atoms with van der Waals surface area (Å²) in [6.07, 6.45) is 0. The Balaban J connectivity index is 2.54. The third-order valence-electron chi connectivity index (χ3n) is 1.24. The Bertz CT molecular complexity index is 384. The molecule has 0 bridgehead atoms. The van der Waals surface area contributed by atoms with Gasteiger partial charge in [0, 0.05) is 6.07 Å². The number of aromatic amines is 1. The van der Waals surface area contributed by atoms with Crippen molar-refractivity contribution in [3.05, 3.63) is 9.85 Å². The van der Waals surface area contributed by atoms with Gasteiger partial charge in [-0.2, -0.15) is 0 Å². The molecule has 62 valence electrons. The fourth-order valence-corrected chi connectivity index (χ4v) is 2.19. The molecule has 0 fully saturated rings. The molecule has 0 aliphatic rings. The van der Waals surface area contributed by atoms with E-state index >= 15 is 0 Å². The molecule has 0 saturated carbocycles. The Morgan fingerprint density at radius 2 is 2.42 bits per heavy atom. The topological polar surface area (TPSA) is 74.7 Å². The van der Waals surface area contributed by atoms with Gasteiger partial charge in [0.15, 0.2) is 5.82 Å². The van der Waals surface area contributed by atoms with Crippen molar-refractivity contribution in [3.8, 4) is 16.5 Å². The van der Waals surface area contributed by atoms with Gasteiger partial charge in [0.05, 0.1) is 3.79 Å². The molecule has 2 heterocycles. The van der Waals surface area contributed by atoms with Crippen LogP contribution in [0.5, 0.6) is 5.75 Å². The fraction of sp³-hybridized carbons (Fsp3) is 0. The molecule has 0 radical (unpaired) electrons. The minimum atomic E-state index is 0.172. The summed E-state index contributed by atoms with van der Waals surface area (Å²) in [5, 5.41) is 22.4. The molecule has 0 amide bonds. The molecule has 0 aliphatic heterocycles. The predicted molar refractivity (Wildman–Crippen MR) is 46.9 cm³/mol. The molecule has 2 aromatic heterocycles. The van der Waals surface area contributed by atoms with Crippen LogP contribution in [0.15, 0.2) is 9.85 Å². The van der Waals surface area contributed by atoms with Crippen LogP contribution in [-0.4, -0.2) is 25.7 Å². The second-order valence-electron chi connectivity index (χ2n) is 2.01. The summed E-state index contributed by atoms with van der Waals surface area (Å²) in [4.78, 5) is 0.631. The molecule has 2 N–H and O–H groups in total. The van der Waals surface area contributed by atoms with Crippen molar-refractivity contribution in [1.82, 2.24) is 20.6 Å². The average molecular weight is 247 g/mol. The molecular formula is C5H3BrN4OS. The molecule has 12 heavy (non-hydrogen) atoms. The van der Waals surface area contributed by atoms with Gasteiger partial charge >= 0.3 is 0 Å². The minimum absolute atomic E-state index is 0.172. The van der Waals surface area contributed by atoms with E-state index in [9.17, 15) is 5.11 Å². The lowest BCUT2D eigenvalue weighted by Crippen LogP contribution is -1.75. The van der Waals surface area contributed by atoms with Crippen LogP contribution in [0.25, 0.3) is 10.7 Å². The molecule has 2 rings (SSSR count). The molecule has 0 spiro atoms. The number of hydrogen-bond acceptors (Lipinski definition) is 5. The second kappa shape index (κ2) is 2.83. The van der Waals surface area contributed by atoms with E-state index in [2.05, 4.69) is 36.6 Å².